The minimum atomic E-state index is -0.150. The van der Waals surface area contributed by atoms with Gasteiger partial charge in [-0.2, -0.15) is 0 Å². The molecule has 1 fully saturated rings. The Hall–Kier alpha value is -1.75. The number of benzene rings is 1. The Bertz CT molecular complexity index is 461. The highest BCUT2D eigenvalue weighted by atomic mass is 16.5. The van der Waals surface area contributed by atoms with Crippen molar-refractivity contribution in [2.75, 3.05) is 20.3 Å². The molecule has 1 unspecified atom stereocenters. The predicted octanol–water partition coefficient (Wildman–Crippen LogP) is 1.70. The Kier molecular flexibility index (Phi) is 5.87. The van der Waals surface area contributed by atoms with Gasteiger partial charge in [-0.3, -0.25) is 0 Å². The average Bonchev–Trinajstić information content (AvgIpc) is 3.32. The third-order valence-corrected chi connectivity index (χ3v) is 3.72. The van der Waals surface area contributed by atoms with E-state index >= 15 is 0 Å². The zero-order valence-corrected chi connectivity index (χ0v) is 12.5. The largest absolute Gasteiger partial charge is 0.497 e. The fourth-order valence-corrected chi connectivity index (χ4v) is 2.39. The molecule has 0 bridgehead atoms. The van der Waals surface area contributed by atoms with Crippen LogP contribution in [-0.4, -0.2) is 37.4 Å². The summed E-state index contributed by atoms with van der Waals surface area (Å²) >= 11 is 0. The molecular weight excluding hydrogens is 268 g/mol. The van der Waals surface area contributed by atoms with Gasteiger partial charge in [-0.1, -0.05) is 12.1 Å². The summed E-state index contributed by atoms with van der Waals surface area (Å²) in [6.07, 6.45) is 3.74. The number of rotatable bonds is 8. The minimum absolute atomic E-state index is 0.0934. The number of hydrogen-bond donors (Lipinski definition) is 3. The number of ether oxygens (including phenoxy) is 1. The van der Waals surface area contributed by atoms with Crippen molar-refractivity contribution < 1.29 is 14.6 Å². The number of nitrogens with one attached hydrogen (secondary N) is 2. The second-order valence-electron chi connectivity index (χ2n) is 5.48. The monoisotopic (exact) mass is 292 g/mol. The van der Waals surface area contributed by atoms with Crippen LogP contribution in [0.25, 0.3) is 0 Å². The molecule has 0 spiro atoms. The number of amides is 2. The Balaban J connectivity index is 1.88. The molecule has 5 heteroatoms. The van der Waals surface area contributed by atoms with E-state index in [1.54, 1.807) is 7.11 Å². The van der Waals surface area contributed by atoms with Crippen molar-refractivity contribution in [1.82, 2.24) is 10.6 Å². The van der Waals surface area contributed by atoms with Crippen LogP contribution in [0.1, 0.15) is 24.8 Å². The highest BCUT2D eigenvalue weighted by molar-refractivity contribution is 5.74. The number of carbonyl (C=O) groups is 1. The SMILES string of the molecule is COc1cccc(CC(NC(=O)NCCCO)C2CC2)c1. The maximum absolute atomic E-state index is 11.8. The summed E-state index contributed by atoms with van der Waals surface area (Å²) in [5.41, 5.74) is 1.17. The van der Waals surface area contributed by atoms with Crippen LogP contribution in [0.5, 0.6) is 5.75 Å². The van der Waals surface area contributed by atoms with Crippen molar-refractivity contribution >= 4 is 6.03 Å². The van der Waals surface area contributed by atoms with Gasteiger partial charge in [0.25, 0.3) is 0 Å². The van der Waals surface area contributed by atoms with E-state index in [-0.39, 0.29) is 18.7 Å². The summed E-state index contributed by atoms with van der Waals surface area (Å²) < 4.78 is 5.24. The number of methoxy groups -OCH3 is 1. The first-order valence-corrected chi connectivity index (χ1v) is 7.51. The van der Waals surface area contributed by atoms with Crippen LogP contribution in [0.2, 0.25) is 0 Å². The van der Waals surface area contributed by atoms with Crippen molar-refractivity contribution in [3.8, 4) is 5.75 Å². The lowest BCUT2D eigenvalue weighted by molar-refractivity contribution is 0.232. The van der Waals surface area contributed by atoms with Gasteiger partial charge in [0.2, 0.25) is 0 Å². The van der Waals surface area contributed by atoms with Gasteiger partial charge >= 0.3 is 6.03 Å². The summed E-state index contributed by atoms with van der Waals surface area (Å²) in [5.74, 6) is 1.41. The zero-order valence-electron chi connectivity index (χ0n) is 12.5. The van der Waals surface area contributed by atoms with Crippen LogP contribution in [0.3, 0.4) is 0 Å². The molecular formula is C16H24N2O3. The molecule has 21 heavy (non-hydrogen) atoms. The van der Waals surface area contributed by atoms with Gasteiger partial charge in [0, 0.05) is 19.2 Å². The number of carbonyl (C=O) groups excluding carboxylic acids is 1. The molecule has 3 N–H and O–H groups in total. The topological polar surface area (TPSA) is 70.6 Å². The maximum Gasteiger partial charge on any atom is 0.315 e. The molecule has 1 saturated carbocycles. The summed E-state index contributed by atoms with van der Waals surface area (Å²) in [7, 11) is 1.66. The minimum Gasteiger partial charge on any atom is -0.497 e. The molecule has 2 amide bonds. The first-order valence-electron chi connectivity index (χ1n) is 7.51. The van der Waals surface area contributed by atoms with Crippen LogP contribution in [-0.2, 0) is 6.42 Å². The van der Waals surface area contributed by atoms with Crippen molar-refractivity contribution in [1.29, 1.82) is 0 Å². The van der Waals surface area contributed by atoms with Crippen LogP contribution >= 0.6 is 0 Å². The molecule has 0 aromatic heterocycles. The fourth-order valence-electron chi connectivity index (χ4n) is 2.39. The van der Waals surface area contributed by atoms with E-state index < -0.39 is 0 Å². The van der Waals surface area contributed by atoms with Gasteiger partial charge in [0.05, 0.1) is 7.11 Å². The molecule has 1 aliphatic rings. The Labute approximate surface area is 125 Å². The number of hydrogen-bond acceptors (Lipinski definition) is 3. The molecule has 0 radical (unpaired) electrons. The van der Waals surface area contributed by atoms with Crippen LogP contribution < -0.4 is 15.4 Å². The van der Waals surface area contributed by atoms with Crippen molar-refractivity contribution in [2.45, 2.75) is 31.7 Å². The van der Waals surface area contributed by atoms with Gasteiger partial charge in [-0.05, 0) is 49.3 Å². The lowest BCUT2D eigenvalue weighted by Gasteiger charge is -2.19. The van der Waals surface area contributed by atoms with E-state index in [2.05, 4.69) is 16.7 Å². The van der Waals surface area contributed by atoms with E-state index in [9.17, 15) is 4.79 Å². The van der Waals surface area contributed by atoms with Crippen molar-refractivity contribution in [3.05, 3.63) is 29.8 Å². The van der Waals surface area contributed by atoms with Crippen LogP contribution in [0.15, 0.2) is 24.3 Å². The first-order chi connectivity index (χ1) is 10.2. The molecule has 1 aliphatic carbocycles. The predicted molar refractivity (Wildman–Crippen MR) is 81.4 cm³/mol. The average molecular weight is 292 g/mol. The van der Waals surface area contributed by atoms with Crippen LogP contribution in [0.4, 0.5) is 4.79 Å². The highest BCUT2D eigenvalue weighted by Gasteiger charge is 2.32. The summed E-state index contributed by atoms with van der Waals surface area (Å²) in [4.78, 5) is 11.8. The molecule has 116 valence electrons. The zero-order chi connectivity index (χ0) is 15.1. The number of aliphatic hydroxyl groups excluding tert-OH is 1. The molecule has 1 aromatic carbocycles. The quantitative estimate of drug-likeness (QED) is 0.639. The van der Waals surface area contributed by atoms with Crippen molar-refractivity contribution in [2.24, 2.45) is 5.92 Å². The standard InChI is InChI=1S/C16H24N2O3/c1-21-14-5-2-4-12(10-14)11-15(13-6-7-13)18-16(20)17-8-3-9-19/h2,4-5,10,13,15,19H,3,6-9,11H2,1H3,(H2,17,18,20). The molecule has 1 atom stereocenters. The van der Waals surface area contributed by atoms with E-state index in [1.807, 2.05) is 18.2 Å². The molecule has 0 heterocycles. The van der Waals surface area contributed by atoms with Gasteiger partial charge in [-0.25, -0.2) is 4.79 Å². The lowest BCUT2D eigenvalue weighted by atomic mass is 10.0. The number of urea groups is 1. The molecule has 0 aliphatic heterocycles. The van der Waals surface area contributed by atoms with Gasteiger partial charge in [0.1, 0.15) is 5.75 Å². The van der Waals surface area contributed by atoms with Crippen molar-refractivity contribution in [3.63, 3.8) is 0 Å². The second-order valence-corrected chi connectivity index (χ2v) is 5.48. The highest BCUT2D eigenvalue weighted by Crippen LogP contribution is 2.34. The van der Waals surface area contributed by atoms with Gasteiger partial charge < -0.3 is 20.5 Å². The Morgan fingerprint density at radius 2 is 2.29 bits per heavy atom. The molecule has 5 nitrogen and oxygen atoms in total. The molecule has 0 saturated heterocycles. The van der Waals surface area contributed by atoms with E-state index in [0.717, 1.165) is 12.2 Å². The summed E-state index contributed by atoms with van der Waals surface area (Å²) in [5, 5.41) is 14.5. The van der Waals surface area contributed by atoms with Gasteiger partial charge in [-0.15, -0.1) is 0 Å². The van der Waals surface area contributed by atoms with Crippen LogP contribution in [0, 0.1) is 5.92 Å². The normalized spacial score (nSPS) is 15.3. The van der Waals surface area contributed by atoms with E-state index in [4.69, 9.17) is 9.84 Å². The third kappa shape index (κ3) is 5.27. The second kappa shape index (κ2) is 7.88. The third-order valence-electron chi connectivity index (χ3n) is 3.72. The smallest absolute Gasteiger partial charge is 0.315 e. The molecule has 2 rings (SSSR count). The Morgan fingerprint density at radius 1 is 1.48 bits per heavy atom. The maximum atomic E-state index is 11.8. The lowest BCUT2D eigenvalue weighted by Crippen LogP contribution is -2.44. The summed E-state index contributed by atoms with van der Waals surface area (Å²) in [6.45, 7) is 0.592. The fraction of sp³-hybridized carbons (Fsp3) is 0.562. The van der Waals surface area contributed by atoms with E-state index in [1.165, 1.54) is 18.4 Å². The first kappa shape index (κ1) is 15.6. The van der Waals surface area contributed by atoms with E-state index in [0.29, 0.717) is 18.9 Å². The number of aliphatic hydroxyl groups is 1. The van der Waals surface area contributed by atoms with Gasteiger partial charge in [0.15, 0.2) is 0 Å². The molecule has 1 aromatic rings. The summed E-state index contributed by atoms with van der Waals surface area (Å²) in [6, 6.07) is 7.98. The Morgan fingerprint density at radius 3 is 2.95 bits per heavy atom.